The largest absolute Gasteiger partial charge is 0.396 e. The fraction of sp³-hybridized carbons (Fsp3) is 1.00. The van der Waals surface area contributed by atoms with Crippen LogP contribution < -0.4 is 0 Å². The van der Waals surface area contributed by atoms with Crippen molar-refractivity contribution in [1.29, 1.82) is 0 Å². The van der Waals surface area contributed by atoms with Gasteiger partial charge >= 0.3 is 0 Å². The Bertz CT molecular complexity index is 151. The molecule has 0 amide bonds. The molecule has 2 atom stereocenters. The predicted octanol–water partition coefficient (Wildman–Crippen LogP) is 2.52. The molecule has 0 spiro atoms. The van der Waals surface area contributed by atoms with Crippen molar-refractivity contribution in [3.05, 3.63) is 0 Å². The van der Waals surface area contributed by atoms with E-state index in [9.17, 15) is 0 Å². The van der Waals surface area contributed by atoms with Crippen molar-refractivity contribution in [3.63, 3.8) is 0 Å². The third kappa shape index (κ3) is 5.53. The molecule has 2 heteroatoms. The molecule has 1 heterocycles. The number of unbranched alkanes of at least 4 members (excludes halogenated alkanes) is 3. The molecule has 0 bridgehead atoms. The Labute approximate surface area is 94.7 Å². The van der Waals surface area contributed by atoms with Crippen LogP contribution in [0.15, 0.2) is 0 Å². The van der Waals surface area contributed by atoms with E-state index in [0.717, 1.165) is 18.3 Å². The quantitative estimate of drug-likeness (QED) is 0.685. The van der Waals surface area contributed by atoms with Gasteiger partial charge in [-0.1, -0.05) is 26.7 Å². The van der Waals surface area contributed by atoms with Gasteiger partial charge in [-0.05, 0) is 37.6 Å². The van der Waals surface area contributed by atoms with Gasteiger partial charge in [-0.2, -0.15) is 0 Å². The summed E-state index contributed by atoms with van der Waals surface area (Å²) in [5.74, 6) is 1.76. The third-order valence-corrected chi connectivity index (χ3v) is 3.33. The van der Waals surface area contributed by atoms with Crippen molar-refractivity contribution < 1.29 is 5.11 Å². The summed E-state index contributed by atoms with van der Waals surface area (Å²) in [6, 6.07) is 0. The number of aliphatic hydroxyl groups is 1. The summed E-state index contributed by atoms with van der Waals surface area (Å²) in [5.41, 5.74) is 0. The number of rotatable bonds is 6. The lowest BCUT2D eigenvalue weighted by Gasteiger charge is -2.34. The van der Waals surface area contributed by atoms with Crippen LogP contribution in [0.2, 0.25) is 0 Å². The highest BCUT2D eigenvalue weighted by Crippen LogP contribution is 2.21. The van der Waals surface area contributed by atoms with E-state index in [1.807, 2.05) is 0 Å². The zero-order chi connectivity index (χ0) is 11.1. The molecule has 15 heavy (non-hydrogen) atoms. The maximum atomic E-state index is 8.67. The molecule has 1 rings (SSSR count). The van der Waals surface area contributed by atoms with Gasteiger partial charge in [-0.15, -0.1) is 0 Å². The lowest BCUT2D eigenvalue weighted by molar-refractivity contribution is 0.138. The smallest absolute Gasteiger partial charge is 0.0431 e. The Hall–Kier alpha value is -0.0800. The van der Waals surface area contributed by atoms with Crippen molar-refractivity contribution in [3.8, 4) is 0 Å². The standard InChI is InChI=1S/C13H27NO/c1-12-9-13(2)11-14(10-12)7-5-3-4-6-8-15/h12-13,15H,3-11H2,1-2H3. The van der Waals surface area contributed by atoms with Crippen molar-refractivity contribution in [2.45, 2.75) is 46.0 Å². The fourth-order valence-corrected chi connectivity index (χ4v) is 2.78. The van der Waals surface area contributed by atoms with Gasteiger partial charge in [0.15, 0.2) is 0 Å². The van der Waals surface area contributed by atoms with E-state index >= 15 is 0 Å². The van der Waals surface area contributed by atoms with Gasteiger partial charge in [0, 0.05) is 19.7 Å². The molecule has 1 saturated heterocycles. The average molecular weight is 213 g/mol. The van der Waals surface area contributed by atoms with E-state index in [1.54, 1.807) is 0 Å². The van der Waals surface area contributed by atoms with E-state index in [2.05, 4.69) is 18.7 Å². The van der Waals surface area contributed by atoms with Crippen LogP contribution in [0, 0.1) is 11.8 Å². The number of hydrogen-bond donors (Lipinski definition) is 1. The summed E-state index contributed by atoms with van der Waals surface area (Å²) in [6.07, 6.45) is 6.16. The van der Waals surface area contributed by atoms with Crippen molar-refractivity contribution in [1.82, 2.24) is 4.90 Å². The van der Waals surface area contributed by atoms with Gasteiger partial charge in [0.05, 0.1) is 0 Å². The van der Waals surface area contributed by atoms with Crippen LogP contribution in [0.4, 0.5) is 0 Å². The predicted molar refractivity (Wildman–Crippen MR) is 64.9 cm³/mol. The fourth-order valence-electron chi connectivity index (χ4n) is 2.78. The molecule has 1 aliphatic heterocycles. The number of nitrogens with zero attached hydrogens (tertiary/aromatic N) is 1. The summed E-state index contributed by atoms with van der Waals surface area (Å²) >= 11 is 0. The zero-order valence-corrected chi connectivity index (χ0v) is 10.4. The van der Waals surface area contributed by atoms with Gasteiger partial charge in [0.25, 0.3) is 0 Å². The molecule has 0 aromatic carbocycles. The minimum atomic E-state index is 0.359. The topological polar surface area (TPSA) is 23.5 Å². The van der Waals surface area contributed by atoms with Crippen molar-refractivity contribution in [2.24, 2.45) is 11.8 Å². The first-order valence-corrected chi connectivity index (χ1v) is 6.55. The Morgan fingerprint density at radius 2 is 1.60 bits per heavy atom. The van der Waals surface area contributed by atoms with Crippen molar-refractivity contribution >= 4 is 0 Å². The Morgan fingerprint density at radius 3 is 2.20 bits per heavy atom. The molecule has 0 aliphatic carbocycles. The minimum Gasteiger partial charge on any atom is -0.396 e. The zero-order valence-electron chi connectivity index (χ0n) is 10.4. The molecule has 1 fully saturated rings. The lowest BCUT2D eigenvalue weighted by Crippen LogP contribution is -2.39. The first-order valence-electron chi connectivity index (χ1n) is 6.55. The normalized spacial score (nSPS) is 28.2. The molecule has 1 N–H and O–H groups in total. The lowest BCUT2D eigenvalue weighted by atomic mass is 9.92. The highest BCUT2D eigenvalue weighted by Gasteiger charge is 2.20. The summed E-state index contributed by atoms with van der Waals surface area (Å²) in [7, 11) is 0. The Morgan fingerprint density at radius 1 is 1.00 bits per heavy atom. The van der Waals surface area contributed by atoms with Gasteiger partial charge in [-0.3, -0.25) is 0 Å². The SMILES string of the molecule is CC1CC(C)CN(CCCCCCO)C1. The third-order valence-electron chi connectivity index (χ3n) is 3.33. The van der Waals surface area contributed by atoms with E-state index < -0.39 is 0 Å². The molecule has 0 radical (unpaired) electrons. The molecule has 0 aromatic heterocycles. The average Bonchev–Trinajstić information content (AvgIpc) is 2.16. The summed E-state index contributed by atoms with van der Waals surface area (Å²) in [4.78, 5) is 2.62. The highest BCUT2D eigenvalue weighted by molar-refractivity contribution is 4.74. The second-order valence-corrected chi connectivity index (χ2v) is 5.34. The van der Waals surface area contributed by atoms with E-state index in [-0.39, 0.29) is 0 Å². The van der Waals surface area contributed by atoms with E-state index in [1.165, 1.54) is 45.3 Å². The van der Waals surface area contributed by atoms with Crippen LogP contribution in [0.5, 0.6) is 0 Å². The van der Waals surface area contributed by atoms with Crippen LogP contribution in [0.3, 0.4) is 0 Å². The molecule has 90 valence electrons. The summed E-state index contributed by atoms with van der Waals surface area (Å²) in [6.45, 7) is 8.95. The highest BCUT2D eigenvalue weighted by atomic mass is 16.2. The van der Waals surface area contributed by atoms with Gasteiger partial charge in [0.1, 0.15) is 0 Å². The van der Waals surface area contributed by atoms with Gasteiger partial charge in [0.2, 0.25) is 0 Å². The minimum absolute atomic E-state index is 0.359. The van der Waals surface area contributed by atoms with Crippen molar-refractivity contribution in [2.75, 3.05) is 26.2 Å². The number of likely N-dealkylation sites (tertiary alicyclic amines) is 1. The second-order valence-electron chi connectivity index (χ2n) is 5.34. The van der Waals surface area contributed by atoms with E-state index in [4.69, 9.17) is 5.11 Å². The first-order chi connectivity index (χ1) is 7.22. The van der Waals surface area contributed by atoms with E-state index in [0.29, 0.717) is 6.61 Å². The van der Waals surface area contributed by atoms with Crippen LogP contribution in [-0.4, -0.2) is 36.2 Å². The Kier molecular flexibility index (Phi) is 6.26. The molecular formula is C13H27NO. The maximum Gasteiger partial charge on any atom is 0.0431 e. The van der Waals surface area contributed by atoms with Crippen LogP contribution >= 0.6 is 0 Å². The van der Waals surface area contributed by atoms with Gasteiger partial charge in [-0.25, -0.2) is 0 Å². The first kappa shape index (κ1) is 13.0. The van der Waals surface area contributed by atoms with Gasteiger partial charge < -0.3 is 10.0 Å². The number of aliphatic hydroxyl groups excluding tert-OH is 1. The molecule has 0 aromatic rings. The van der Waals surface area contributed by atoms with Crippen LogP contribution in [-0.2, 0) is 0 Å². The molecule has 0 saturated carbocycles. The Balaban J connectivity index is 2.04. The molecular weight excluding hydrogens is 186 g/mol. The summed E-state index contributed by atoms with van der Waals surface area (Å²) < 4.78 is 0. The molecule has 1 aliphatic rings. The monoisotopic (exact) mass is 213 g/mol. The number of hydrogen-bond acceptors (Lipinski definition) is 2. The van der Waals surface area contributed by atoms with Crippen LogP contribution in [0.25, 0.3) is 0 Å². The summed E-state index contributed by atoms with van der Waals surface area (Å²) in [5, 5.41) is 8.67. The second kappa shape index (κ2) is 7.24. The number of piperidine rings is 1. The van der Waals surface area contributed by atoms with Crippen LogP contribution in [0.1, 0.15) is 46.0 Å². The maximum absolute atomic E-state index is 8.67. The molecule has 2 unspecified atom stereocenters. The molecule has 2 nitrogen and oxygen atoms in total.